The van der Waals surface area contributed by atoms with Crippen LogP contribution in [0.3, 0.4) is 0 Å². The summed E-state index contributed by atoms with van der Waals surface area (Å²) in [7, 11) is -3.70. The highest BCUT2D eigenvalue weighted by Gasteiger charge is 2.24. The molecule has 0 saturated carbocycles. The van der Waals surface area contributed by atoms with E-state index in [1.807, 2.05) is 0 Å². The van der Waals surface area contributed by atoms with Gasteiger partial charge in [-0.1, -0.05) is 30.3 Å². The van der Waals surface area contributed by atoms with Gasteiger partial charge in [0, 0.05) is 5.92 Å². The fourth-order valence-corrected chi connectivity index (χ4v) is 3.80. The van der Waals surface area contributed by atoms with E-state index in [4.69, 9.17) is 5.11 Å². The summed E-state index contributed by atoms with van der Waals surface area (Å²) in [4.78, 5) is 11.0. The monoisotopic (exact) mass is 322 g/mol. The summed E-state index contributed by atoms with van der Waals surface area (Å²) >= 11 is 0. The Labute approximate surface area is 128 Å². The van der Waals surface area contributed by atoms with E-state index in [0.29, 0.717) is 5.56 Å². The largest absolute Gasteiger partial charge is 0.481 e. The lowest BCUT2D eigenvalue weighted by Gasteiger charge is -2.15. The summed E-state index contributed by atoms with van der Waals surface area (Å²) in [6, 6.07) is 13.2. The molecule has 0 aromatic heterocycles. The van der Waals surface area contributed by atoms with Crippen molar-refractivity contribution in [2.45, 2.75) is 17.2 Å². The Morgan fingerprint density at radius 2 is 1.64 bits per heavy atom. The third kappa shape index (κ3) is 4.14. The Morgan fingerprint density at radius 1 is 1.05 bits per heavy atom. The lowest BCUT2D eigenvalue weighted by atomic mass is 9.98. The molecule has 0 radical (unpaired) electrons. The fraction of sp³-hybridized carbons (Fsp3) is 0.188. The summed E-state index contributed by atoms with van der Waals surface area (Å²) in [5.41, 5.74) is 0.649. The van der Waals surface area contributed by atoms with Gasteiger partial charge < -0.3 is 5.11 Å². The minimum atomic E-state index is -3.70. The Kier molecular flexibility index (Phi) is 4.92. The molecule has 1 N–H and O–H groups in total. The molecule has 0 aliphatic rings. The molecule has 6 heteroatoms. The first-order chi connectivity index (χ1) is 10.4. The lowest BCUT2D eigenvalue weighted by molar-refractivity contribution is -0.137. The highest BCUT2D eigenvalue weighted by atomic mass is 32.2. The molecule has 0 aliphatic carbocycles. The molecule has 2 aromatic carbocycles. The van der Waals surface area contributed by atoms with Gasteiger partial charge in [-0.05, 0) is 29.8 Å². The van der Waals surface area contributed by atoms with Gasteiger partial charge in [0.15, 0.2) is 9.84 Å². The molecule has 0 amide bonds. The van der Waals surface area contributed by atoms with Crippen LogP contribution in [0.25, 0.3) is 0 Å². The number of carbonyl (C=O) groups is 1. The zero-order valence-corrected chi connectivity index (χ0v) is 12.5. The summed E-state index contributed by atoms with van der Waals surface area (Å²) in [5, 5.41) is 9.00. The van der Waals surface area contributed by atoms with E-state index < -0.39 is 27.5 Å². The molecule has 0 saturated heterocycles. The molecule has 0 spiro atoms. The van der Waals surface area contributed by atoms with Gasteiger partial charge in [0.05, 0.1) is 17.1 Å². The van der Waals surface area contributed by atoms with Gasteiger partial charge in [0.25, 0.3) is 0 Å². The van der Waals surface area contributed by atoms with Crippen molar-refractivity contribution in [1.29, 1.82) is 0 Å². The highest BCUT2D eigenvalue weighted by molar-refractivity contribution is 7.91. The molecule has 4 nitrogen and oxygen atoms in total. The highest BCUT2D eigenvalue weighted by Crippen LogP contribution is 2.25. The minimum absolute atomic E-state index is 0.0137. The molecule has 22 heavy (non-hydrogen) atoms. The van der Waals surface area contributed by atoms with Crippen LogP contribution in [0.5, 0.6) is 0 Å². The van der Waals surface area contributed by atoms with Crippen LogP contribution >= 0.6 is 0 Å². The van der Waals surface area contributed by atoms with Gasteiger partial charge >= 0.3 is 5.97 Å². The van der Waals surface area contributed by atoms with Crippen molar-refractivity contribution in [3.8, 4) is 0 Å². The predicted octanol–water partition coefficient (Wildman–Crippen LogP) is 2.86. The molecule has 0 bridgehead atoms. The number of sulfone groups is 1. The zero-order chi connectivity index (χ0) is 16.2. The van der Waals surface area contributed by atoms with E-state index in [9.17, 15) is 17.6 Å². The summed E-state index contributed by atoms with van der Waals surface area (Å²) in [6.07, 6.45) is -0.287. The van der Waals surface area contributed by atoms with Crippen molar-refractivity contribution in [2.24, 2.45) is 0 Å². The molecule has 1 atom stereocenters. The molecule has 0 heterocycles. The normalized spacial score (nSPS) is 12.8. The second-order valence-corrected chi connectivity index (χ2v) is 6.98. The second-order valence-electron chi connectivity index (χ2n) is 4.94. The van der Waals surface area contributed by atoms with Crippen molar-refractivity contribution in [1.82, 2.24) is 0 Å². The molecular weight excluding hydrogens is 307 g/mol. The number of halogens is 1. The molecule has 0 fully saturated rings. The van der Waals surface area contributed by atoms with Crippen molar-refractivity contribution >= 4 is 15.8 Å². The van der Waals surface area contributed by atoms with Crippen LogP contribution in [-0.4, -0.2) is 25.2 Å². The number of aliphatic carboxylic acids is 1. The summed E-state index contributed by atoms with van der Waals surface area (Å²) < 4.78 is 37.7. The van der Waals surface area contributed by atoms with Crippen LogP contribution in [0.1, 0.15) is 17.9 Å². The number of rotatable bonds is 6. The maximum absolute atomic E-state index is 12.9. The van der Waals surface area contributed by atoms with Gasteiger partial charge in [-0.3, -0.25) is 4.79 Å². The topological polar surface area (TPSA) is 71.4 Å². The minimum Gasteiger partial charge on any atom is -0.481 e. The molecular formula is C16H15FO4S. The molecule has 0 aliphatic heterocycles. The number of benzene rings is 2. The number of hydrogen-bond acceptors (Lipinski definition) is 3. The van der Waals surface area contributed by atoms with Gasteiger partial charge in [-0.2, -0.15) is 0 Å². The quantitative estimate of drug-likeness (QED) is 0.830. The first-order valence-corrected chi connectivity index (χ1v) is 8.29. The maximum Gasteiger partial charge on any atom is 0.303 e. The van der Waals surface area contributed by atoms with Gasteiger partial charge in [-0.15, -0.1) is 0 Å². The van der Waals surface area contributed by atoms with Gasteiger partial charge in [0.1, 0.15) is 5.82 Å². The lowest BCUT2D eigenvalue weighted by Crippen LogP contribution is -2.18. The van der Waals surface area contributed by atoms with Crippen molar-refractivity contribution in [2.75, 3.05) is 5.75 Å². The first kappa shape index (κ1) is 16.2. The Morgan fingerprint density at radius 3 is 2.18 bits per heavy atom. The van der Waals surface area contributed by atoms with Gasteiger partial charge in [-0.25, -0.2) is 12.8 Å². The molecule has 116 valence electrons. The standard InChI is InChI=1S/C16H15FO4S/c17-14-6-8-15(9-7-14)22(20,21)11-13(10-16(18)19)12-4-2-1-3-5-12/h1-9,13H,10-11H2,(H,18,19)/t13-/m0/s1. The van der Waals surface area contributed by atoms with Crippen molar-refractivity contribution in [3.63, 3.8) is 0 Å². The van der Waals surface area contributed by atoms with Crippen LogP contribution in [0.2, 0.25) is 0 Å². The van der Waals surface area contributed by atoms with Crippen molar-refractivity contribution in [3.05, 3.63) is 66.0 Å². The SMILES string of the molecule is O=C(O)C[C@@H](CS(=O)(=O)c1ccc(F)cc1)c1ccccc1. The average molecular weight is 322 g/mol. The van der Waals surface area contributed by atoms with E-state index in [0.717, 1.165) is 12.1 Å². The Balaban J connectivity index is 2.30. The predicted molar refractivity (Wildman–Crippen MR) is 79.9 cm³/mol. The van der Waals surface area contributed by atoms with Crippen molar-refractivity contribution < 1.29 is 22.7 Å². The first-order valence-electron chi connectivity index (χ1n) is 6.63. The molecule has 0 unspecified atom stereocenters. The molecule has 2 rings (SSSR count). The maximum atomic E-state index is 12.9. The van der Waals surface area contributed by atoms with Gasteiger partial charge in [0.2, 0.25) is 0 Å². The summed E-state index contributed by atoms with van der Waals surface area (Å²) in [5.74, 6) is -2.59. The Hall–Kier alpha value is -2.21. The van der Waals surface area contributed by atoms with E-state index >= 15 is 0 Å². The van der Waals surface area contributed by atoms with Crippen LogP contribution < -0.4 is 0 Å². The number of carboxylic acids is 1. The van der Waals surface area contributed by atoms with E-state index in [1.165, 1.54) is 12.1 Å². The third-order valence-electron chi connectivity index (χ3n) is 3.29. The number of carboxylic acid groups (broad SMARTS) is 1. The van der Waals surface area contributed by atoms with E-state index in [-0.39, 0.29) is 17.1 Å². The van der Waals surface area contributed by atoms with E-state index in [2.05, 4.69) is 0 Å². The zero-order valence-electron chi connectivity index (χ0n) is 11.6. The third-order valence-corrected chi connectivity index (χ3v) is 5.12. The van der Waals surface area contributed by atoms with Crippen LogP contribution in [-0.2, 0) is 14.6 Å². The van der Waals surface area contributed by atoms with Crippen LogP contribution in [0.15, 0.2) is 59.5 Å². The smallest absolute Gasteiger partial charge is 0.303 e. The number of hydrogen-bond donors (Lipinski definition) is 1. The fourth-order valence-electron chi connectivity index (χ4n) is 2.21. The second kappa shape index (κ2) is 6.70. The van der Waals surface area contributed by atoms with Crippen LogP contribution in [0, 0.1) is 5.82 Å². The average Bonchev–Trinajstić information content (AvgIpc) is 2.47. The Bertz CT molecular complexity index is 739. The van der Waals surface area contributed by atoms with Crippen LogP contribution in [0.4, 0.5) is 4.39 Å². The summed E-state index contributed by atoms with van der Waals surface area (Å²) in [6.45, 7) is 0. The van der Waals surface area contributed by atoms with E-state index in [1.54, 1.807) is 30.3 Å². The molecule has 2 aromatic rings.